The van der Waals surface area contributed by atoms with Gasteiger partial charge < -0.3 is 19.8 Å². The number of aromatic amines is 1. The van der Waals surface area contributed by atoms with E-state index >= 15 is 0 Å². The van der Waals surface area contributed by atoms with Gasteiger partial charge in [0.1, 0.15) is 22.9 Å². The topological polar surface area (TPSA) is 101 Å². The second-order valence-electron chi connectivity index (χ2n) is 5.68. The minimum Gasteiger partial charge on any atom is -0.492 e. The van der Waals surface area contributed by atoms with Gasteiger partial charge in [-0.1, -0.05) is 18.2 Å². The van der Waals surface area contributed by atoms with Crippen molar-refractivity contribution >= 4 is 15.9 Å². The molecule has 2 N–H and O–H groups in total. The fraction of sp³-hybridized carbons (Fsp3) is 0.353. The van der Waals surface area contributed by atoms with E-state index in [0.29, 0.717) is 39.5 Å². The highest BCUT2D eigenvalue weighted by atomic mass is 32.2. The molecule has 2 heterocycles. The van der Waals surface area contributed by atoms with Crippen LogP contribution in [-0.2, 0) is 14.8 Å². The Labute approximate surface area is 152 Å². The molecule has 0 bridgehead atoms. The molecular formula is C17H21N3O5S. The lowest BCUT2D eigenvalue weighted by molar-refractivity contribution is 0.0730. The van der Waals surface area contributed by atoms with Crippen LogP contribution in [0.5, 0.6) is 5.75 Å². The first-order chi connectivity index (χ1) is 12.6. The summed E-state index contributed by atoms with van der Waals surface area (Å²) in [6.07, 6.45) is 1.33. The maximum atomic E-state index is 12.5. The van der Waals surface area contributed by atoms with E-state index in [9.17, 15) is 13.2 Å². The first-order valence-corrected chi connectivity index (χ1v) is 9.74. The molecule has 8 nitrogen and oxygen atoms in total. The second kappa shape index (κ2) is 8.35. The first kappa shape index (κ1) is 18.4. The van der Waals surface area contributed by atoms with Crippen molar-refractivity contribution in [2.24, 2.45) is 0 Å². The summed E-state index contributed by atoms with van der Waals surface area (Å²) < 4.78 is 37.1. The van der Waals surface area contributed by atoms with E-state index in [1.165, 1.54) is 16.6 Å². The van der Waals surface area contributed by atoms with Crippen LogP contribution < -0.4 is 10.1 Å². The third-order valence-corrected chi connectivity index (χ3v) is 5.78. The summed E-state index contributed by atoms with van der Waals surface area (Å²) in [5, 5.41) is 2.69. The summed E-state index contributed by atoms with van der Waals surface area (Å²) >= 11 is 0. The van der Waals surface area contributed by atoms with Crippen molar-refractivity contribution in [3.8, 4) is 5.75 Å². The zero-order chi connectivity index (χ0) is 18.4. The van der Waals surface area contributed by atoms with Crippen LogP contribution in [0.25, 0.3) is 0 Å². The van der Waals surface area contributed by atoms with Crippen LogP contribution >= 0.6 is 0 Å². The minimum atomic E-state index is -3.62. The summed E-state index contributed by atoms with van der Waals surface area (Å²) in [6, 6.07) is 10.6. The maximum absolute atomic E-state index is 12.5. The number of morpholine rings is 1. The van der Waals surface area contributed by atoms with Gasteiger partial charge in [-0.25, -0.2) is 8.42 Å². The number of aromatic nitrogens is 1. The van der Waals surface area contributed by atoms with E-state index < -0.39 is 10.0 Å². The van der Waals surface area contributed by atoms with Crippen LogP contribution in [0.3, 0.4) is 0 Å². The van der Waals surface area contributed by atoms with Crippen molar-refractivity contribution in [3.05, 3.63) is 48.3 Å². The highest BCUT2D eigenvalue weighted by molar-refractivity contribution is 7.89. The van der Waals surface area contributed by atoms with E-state index in [-0.39, 0.29) is 16.5 Å². The standard InChI is InChI=1S/C17H21N3O5S/c21-17(18-6-9-25-14-4-2-1-3-5-14)16-12-15(13-19-16)26(22,23)20-7-10-24-11-8-20/h1-5,12-13,19H,6-11H2,(H,18,21). The van der Waals surface area contributed by atoms with Gasteiger partial charge in [0.25, 0.3) is 5.91 Å². The van der Waals surface area contributed by atoms with Gasteiger partial charge in [0.2, 0.25) is 10.0 Å². The number of hydrogen-bond acceptors (Lipinski definition) is 5. The summed E-state index contributed by atoms with van der Waals surface area (Å²) in [7, 11) is -3.62. The van der Waals surface area contributed by atoms with Gasteiger partial charge in [-0.3, -0.25) is 4.79 Å². The Morgan fingerprint density at radius 1 is 1.23 bits per heavy atom. The molecule has 0 unspecified atom stereocenters. The molecule has 9 heteroatoms. The molecule has 1 aromatic carbocycles. The third-order valence-electron chi connectivity index (χ3n) is 3.91. The summed E-state index contributed by atoms with van der Waals surface area (Å²) in [5.74, 6) is 0.339. The molecule has 2 aromatic rings. The Hall–Kier alpha value is -2.36. The Bertz CT molecular complexity index is 829. The van der Waals surface area contributed by atoms with Gasteiger partial charge in [-0.05, 0) is 18.2 Å². The van der Waals surface area contributed by atoms with Crippen molar-refractivity contribution in [3.63, 3.8) is 0 Å². The first-order valence-electron chi connectivity index (χ1n) is 8.30. The van der Waals surface area contributed by atoms with Gasteiger partial charge in [0.05, 0.1) is 19.8 Å². The Morgan fingerprint density at radius 2 is 1.96 bits per heavy atom. The molecule has 140 valence electrons. The number of nitrogens with one attached hydrogen (secondary N) is 2. The van der Waals surface area contributed by atoms with E-state index in [0.717, 1.165) is 5.75 Å². The molecule has 0 saturated carbocycles. The van der Waals surface area contributed by atoms with Gasteiger partial charge >= 0.3 is 0 Å². The van der Waals surface area contributed by atoms with E-state index in [1.807, 2.05) is 30.3 Å². The highest BCUT2D eigenvalue weighted by Crippen LogP contribution is 2.18. The Morgan fingerprint density at radius 3 is 2.69 bits per heavy atom. The quantitative estimate of drug-likeness (QED) is 0.695. The molecule has 0 radical (unpaired) electrons. The Balaban J connectivity index is 1.52. The molecule has 3 rings (SSSR count). The van der Waals surface area contributed by atoms with E-state index in [2.05, 4.69) is 10.3 Å². The lowest BCUT2D eigenvalue weighted by atomic mass is 10.3. The number of rotatable bonds is 7. The number of sulfonamides is 1. The van der Waals surface area contributed by atoms with Crippen molar-refractivity contribution in [1.29, 1.82) is 0 Å². The maximum Gasteiger partial charge on any atom is 0.267 e. The predicted molar refractivity (Wildman–Crippen MR) is 94.6 cm³/mol. The van der Waals surface area contributed by atoms with E-state index in [4.69, 9.17) is 9.47 Å². The van der Waals surface area contributed by atoms with Crippen molar-refractivity contribution in [1.82, 2.24) is 14.6 Å². The highest BCUT2D eigenvalue weighted by Gasteiger charge is 2.27. The van der Waals surface area contributed by atoms with Crippen molar-refractivity contribution in [2.45, 2.75) is 4.90 Å². The van der Waals surface area contributed by atoms with Crippen LogP contribution in [0.1, 0.15) is 10.5 Å². The number of carbonyl (C=O) groups is 1. The molecule has 0 atom stereocenters. The smallest absolute Gasteiger partial charge is 0.267 e. The summed E-state index contributed by atoms with van der Waals surface area (Å²) in [5.41, 5.74) is 0.191. The number of hydrogen-bond donors (Lipinski definition) is 2. The number of carbonyl (C=O) groups excluding carboxylic acids is 1. The zero-order valence-electron chi connectivity index (χ0n) is 14.2. The third kappa shape index (κ3) is 4.43. The van der Waals surface area contributed by atoms with Gasteiger partial charge in [0, 0.05) is 19.3 Å². The molecule has 1 amide bonds. The molecule has 1 saturated heterocycles. The molecule has 1 aromatic heterocycles. The SMILES string of the molecule is O=C(NCCOc1ccccc1)c1cc(S(=O)(=O)N2CCOCC2)c[nH]1. The van der Waals surface area contributed by atoms with Crippen LogP contribution in [0.15, 0.2) is 47.5 Å². The normalized spacial score (nSPS) is 15.5. The van der Waals surface area contributed by atoms with Gasteiger partial charge in [0.15, 0.2) is 0 Å². The summed E-state index contributed by atoms with van der Waals surface area (Å²) in [4.78, 5) is 14.9. The molecule has 26 heavy (non-hydrogen) atoms. The van der Waals surface area contributed by atoms with Crippen LogP contribution in [-0.4, -0.2) is 63.1 Å². The number of benzene rings is 1. The molecule has 1 aliphatic rings. The number of H-pyrrole nitrogens is 1. The average Bonchev–Trinajstić information content (AvgIpc) is 3.18. The van der Waals surface area contributed by atoms with Crippen LogP contribution in [0.2, 0.25) is 0 Å². The molecule has 1 aliphatic heterocycles. The van der Waals surface area contributed by atoms with Crippen molar-refractivity contribution in [2.75, 3.05) is 39.5 Å². The molecular weight excluding hydrogens is 358 g/mol. The van der Waals surface area contributed by atoms with Crippen LogP contribution in [0, 0.1) is 0 Å². The van der Waals surface area contributed by atoms with Crippen LogP contribution in [0.4, 0.5) is 0 Å². The molecule has 1 fully saturated rings. The predicted octanol–water partition coefficient (Wildman–Crippen LogP) is 0.844. The molecule has 0 spiro atoms. The van der Waals surface area contributed by atoms with Crippen molar-refractivity contribution < 1.29 is 22.7 Å². The average molecular weight is 379 g/mol. The van der Waals surface area contributed by atoms with Gasteiger partial charge in [-0.15, -0.1) is 0 Å². The Kier molecular flexibility index (Phi) is 5.92. The van der Waals surface area contributed by atoms with E-state index in [1.54, 1.807) is 0 Å². The molecule has 0 aliphatic carbocycles. The summed E-state index contributed by atoms with van der Waals surface area (Å²) in [6.45, 7) is 1.99. The zero-order valence-corrected chi connectivity index (χ0v) is 15.0. The largest absolute Gasteiger partial charge is 0.492 e. The fourth-order valence-corrected chi connectivity index (χ4v) is 3.94. The second-order valence-corrected chi connectivity index (χ2v) is 7.62. The monoisotopic (exact) mass is 379 g/mol. The number of para-hydroxylation sites is 1. The lowest BCUT2D eigenvalue weighted by Gasteiger charge is -2.25. The number of ether oxygens (including phenoxy) is 2. The lowest BCUT2D eigenvalue weighted by Crippen LogP contribution is -2.40. The van der Waals surface area contributed by atoms with Gasteiger partial charge in [-0.2, -0.15) is 4.31 Å². The number of nitrogens with zero attached hydrogens (tertiary/aromatic N) is 1. The number of amides is 1. The minimum absolute atomic E-state index is 0.0742. The fourth-order valence-electron chi connectivity index (χ4n) is 2.54.